The standard InChI is InChI=1S/C17H21ClN2/c1-10(2)15-16(19-11(3)4)12(5)20-17(15)13-6-8-14(18)9-7-13/h6-9,11,17,20H,5H2,1-4H3/b19-16-. The molecule has 0 radical (unpaired) electrons. The Kier molecular flexibility index (Phi) is 4.34. The molecule has 0 aliphatic carbocycles. The molecule has 0 amide bonds. The lowest BCUT2D eigenvalue weighted by Crippen LogP contribution is -2.12. The zero-order chi connectivity index (χ0) is 14.9. The van der Waals surface area contributed by atoms with Gasteiger partial charge in [-0.3, -0.25) is 4.99 Å². The van der Waals surface area contributed by atoms with E-state index in [0.29, 0.717) is 0 Å². The molecule has 0 bridgehead atoms. The van der Waals surface area contributed by atoms with Gasteiger partial charge in [0.05, 0.1) is 17.5 Å². The van der Waals surface area contributed by atoms with Gasteiger partial charge in [0, 0.05) is 16.6 Å². The number of nitrogens with zero attached hydrogens (tertiary/aromatic N) is 1. The minimum absolute atomic E-state index is 0.113. The molecule has 2 rings (SSSR count). The van der Waals surface area contributed by atoms with Crippen LogP contribution in [0.4, 0.5) is 0 Å². The second-order valence-electron chi connectivity index (χ2n) is 5.59. The maximum absolute atomic E-state index is 5.97. The highest BCUT2D eigenvalue weighted by Crippen LogP contribution is 2.34. The van der Waals surface area contributed by atoms with Crippen molar-refractivity contribution in [2.75, 3.05) is 0 Å². The second-order valence-corrected chi connectivity index (χ2v) is 6.03. The van der Waals surface area contributed by atoms with Crippen molar-refractivity contribution in [3.05, 3.63) is 58.3 Å². The highest BCUT2D eigenvalue weighted by molar-refractivity contribution is 6.30. The first-order chi connectivity index (χ1) is 9.40. The van der Waals surface area contributed by atoms with Gasteiger partial charge in [0.15, 0.2) is 0 Å². The van der Waals surface area contributed by atoms with Gasteiger partial charge in [0.25, 0.3) is 0 Å². The summed E-state index contributed by atoms with van der Waals surface area (Å²) in [5, 5.41) is 4.20. The molecule has 1 atom stereocenters. The van der Waals surface area contributed by atoms with E-state index in [2.05, 4.69) is 51.7 Å². The van der Waals surface area contributed by atoms with Crippen molar-refractivity contribution in [3.63, 3.8) is 0 Å². The van der Waals surface area contributed by atoms with Crippen molar-refractivity contribution in [1.29, 1.82) is 0 Å². The van der Waals surface area contributed by atoms with Crippen LogP contribution < -0.4 is 5.32 Å². The van der Waals surface area contributed by atoms with Crippen molar-refractivity contribution < 1.29 is 0 Å². The predicted molar refractivity (Wildman–Crippen MR) is 87.4 cm³/mol. The average Bonchev–Trinajstić information content (AvgIpc) is 2.67. The monoisotopic (exact) mass is 288 g/mol. The van der Waals surface area contributed by atoms with Crippen molar-refractivity contribution in [2.24, 2.45) is 4.99 Å². The smallest absolute Gasteiger partial charge is 0.0858 e. The van der Waals surface area contributed by atoms with E-state index in [9.17, 15) is 0 Å². The molecule has 2 nitrogen and oxygen atoms in total. The molecule has 3 heteroatoms. The van der Waals surface area contributed by atoms with Gasteiger partial charge in [0.2, 0.25) is 0 Å². The van der Waals surface area contributed by atoms with E-state index in [1.54, 1.807) is 0 Å². The normalized spacial score (nSPS) is 20.7. The molecule has 0 spiro atoms. The zero-order valence-corrected chi connectivity index (χ0v) is 13.3. The van der Waals surface area contributed by atoms with E-state index < -0.39 is 0 Å². The largest absolute Gasteiger partial charge is 0.373 e. The Balaban J connectivity index is 2.48. The molecule has 1 aromatic rings. The van der Waals surface area contributed by atoms with Crippen LogP contribution in [0.1, 0.15) is 39.3 Å². The van der Waals surface area contributed by atoms with Gasteiger partial charge in [-0.2, -0.15) is 0 Å². The summed E-state index contributed by atoms with van der Waals surface area (Å²) in [6, 6.07) is 8.30. The zero-order valence-electron chi connectivity index (χ0n) is 12.5. The van der Waals surface area contributed by atoms with Crippen LogP contribution in [-0.2, 0) is 0 Å². The van der Waals surface area contributed by atoms with Crippen molar-refractivity contribution in [1.82, 2.24) is 5.32 Å². The van der Waals surface area contributed by atoms with Gasteiger partial charge < -0.3 is 5.32 Å². The van der Waals surface area contributed by atoms with Crippen LogP contribution in [0.15, 0.2) is 52.7 Å². The Morgan fingerprint density at radius 2 is 1.85 bits per heavy atom. The minimum atomic E-state index is 0.113. The summed E-state index contributed by atoms with van der Waals surface area (Å²) in [7, 11) is 0. The Bertz CT molecular complexity index is 576. The van der Waals surface area contributed by atoms with Crippen LogP contribution in [-0.4, -0.2) is 11.8 Å². The summed E-state index contributed by atoms with van der Waals surface area (Å²) in [5.74, 6) is 0. The Labute approximate surface area is 126 Å². The van der Waals surface area contributed by atoms with Crippen molar-refractivity contribution >= 4 is 17.3 Å². The van der Waals surface area contributed by atoms with E-state index in [1.807, 2.05) is 12.1 Å². The maximum atomic E-state index is 5.97. The van der Waals surface area contributed by atoms with Gasteiger partial charge in [-0.1, -0.05) is 35.9 Å². The lowest BCUT2D eigenvalue weighted by Gasteiger charge is -2.15. The minimum Gasteiger partial charge on any atom is -0.373 e. The topological polar surface area (TPSA) is 24.4 Å². The number of benzene rings is 1. The van der Waals surface area contributed by atoms with Crippen LogP contribution in [0.5, 0.6) is 0 Å². The maximum Gasteiger partial charge on any atom is 0.0858 e. The fraction of sp³-hybridized carbons (Fsp3) is 0.353. The Morgan fingerprint density at radius 3 is 2.35 bits per heavy atom. The average molecular weight is 289 g/mol. The van der Waals surface area contributed by atoms with Crippen LogP contribution >= 0.6 is 11.6 Å². The van der Waals surface area contributed by atoms with Crippen molar-refractivity contribution in [2.45, 2.75) is 39.8 Å². The molecule has 1 heterocycles. The molecule has 0 saturated carbocycles. The molecular weight excluding hydrogens is 268 g/mol. The quantitative estimate of drug-likeness (QED) is 0.839. The summed E-state index contributed by atoms with van der Waals surface area (Å²) in [5.41, 5.74) is 5.57. The fourth-order valence-corrected chi connectivity index (χ4v) is 2.58. The predicted octanol–water partition coefficient (Wildman–Crippen LogP) is 4.68. The summed E-state index contributed by atoms with van der Waals surface area (Å²) >= 11 is 5.97. The van der Waals surface area contributed by atoms with Gasteiger partial charge in [-0.15, -0.1) is 0 Å². The summed E-state index contributed by atoms with van der Waals surface area (Å²) in [6.45, 7) is 12.5. The number of nitrogens with one attached hydrogen (secondary N) is 1. The van der Waals surface area contributed by atoms with Gasteiger partial charge >= 0.3 is 0 Å². The Hall–Kier alpha value is -1.54. The highest BCUT2D eigenvalue weighted by atomic mass is 35.5. The number of rotatable bonds is 2. The number of halogens is 1. The van der Waals surface area contributed by atoms with Gasteiger partial charge in [-0.05, 0) is 45.4 Å². The molecule has 1 fully saturated rings. The molecule has 1 aliphatic heterocycles. The lowest BCUT2D eigenvalue weighted by molar-refractivity contribution is 0.751. The third-order valence-electron chi connectivity index (χ3n) is 3.28. The van der Waals surface area contributed by atoms with Crippen LogP contribution in [0.25, 0.3) is 0 Å². The van der Waals surface area contributed by atoms with Crippen molar-refractivity contribution in [3.8, 4) is 0 Å². The summed E-state index contributed by atoms with van der Waals surface area (Å²) < 4.78 is 0. The van der Waals surface area contributed by atoms with E-state index in [-0.39, 0.29) is 12.1 Å². The lowest BCUT2D eigenvalue weighted by atomic mass is 9.95. The molecule has 1 saturated heterocycles. The molecule has 1 N–H and O–H groups in total. The molecule has 1 aliphatic rings. The van der Waals surface area contributed by atoms with Crippen LogP contribution in [0, 0.1) is 0 Å². The number of aliphatic imine (C=N–C) groups is 1. The first-order valence-corrected chi connectivity index (χ1v) is 7.24. The Morgan fingerprint density at radius 1 is 1.25 bits per heavy atom. The molecule has 20 heavy (non-hydrogen) atoms. The van der Waals surface area contributed by atoms with Gasteiger partial charge in [-0.25, -0.2) is 0 Å². The van der Waals surface area contributed by atoms with E-state index in [4.69, 9.17) is 16.6 Å². The number of allylic oxidation sites excluding steroid dienone is 2. The van der Waals surface area contributed by atoms with Crippen LogP contribution in [0.2, 0.25) is 5.02 Å². The first kappa shape index (κ1) is 14.9. The number of hydrogen-bond donors (Lipinski definition) is 1. The molecule has 1 unspecified atom stereocenters. The third kappa shape index (κ3) is 2.96. The SMILES string of the molecule is C=C1NC(c2ccc(Cl)cc2)C(=C(C)C)/C1=N\C(C)C. The second kappa shape index (κ2) is 5.84. The first-order valence-electron chi connectivity index (χ1n) is 6.87. The third-order valence-corrected chi connectivity index (χ3v) is 3.53. The van der Waals surface area contributed by atoms with Gasteiger partial charge in [0.1, 0.15) is 0 Å². The molecule has 1 aromatic carbocycles. The fourth-order valence-electron chi connectivity index (χ4n) is 2.45. The molecule has 0 aromatic heterocycles. The summed E-state index contributed by atoms with van der Waals surface area (Å²) in [6.07, 6.45) is 0. The molecular formula is C17H21ClN2. The van der Waals surface area contributed by atoms with E-state index in [0.717, 1.165) is 16.4 Å². The number of hydrogen-bond acceptors (Lipinski definition) is 2. The van der Waals surface area contributed by atoms with Crippen LogP contribution in [0.3, 0.4) is 0 Å². The highest BCUT2D eigenvalue weighted by Gasteiger charge is 2.31. The molecule has 106 valence electrons. The van der Waals surface area contributed by atoms with E-state index >= 15 is 0 Å². The summed E-state index contributed by atoms with van der Waals surface area (Å²) in [4.78, 5) is 4.72. The van der Waals surface area contributed by atoms with E-state index in [1.165, 1.54) is 16.7 Å².